The van der Waals surface area contributed by atoms with Crippen LogP contribution in [0.2, 0.25) is 0 Å². The molecule has 0 spiro atoms. The van der Waals surface area contributed by atoms with E-state index < -0.39 is 0 Å². The van der Waals surface area contributed by atoms with E-state index in [1.54, 1.807) is 0 Å². The normalized spacial score (nSPS) is 32.9. The lowest BCUT2D eigenvalue weighted by Crippen LogP contribution is -2.45. The molecular formula is C11H20BrNO. The molecule has 0 aromatic rings. The van der Waals surface area contributed by atoms with Gasteiger partial charge in [-0.1, -0.05) is 29.4 Å². The molecule has 0 aromatic heterocycles. The Hall–Kier alpha value is 0.140. The molecule has 82 valence electrons. The highest BCUT2D eigenvalue weighted by atomic mass is 79.9. The maximum atomic E-state index is 5.78. The first-order valence-electron chi connectivity index (χ1n) is 5.26. The Morgan fingerprint density at radius 3 is 3.00 bits per heavy atom. The van der Waals surface area contributed by atoms with Crippen LogP contribution >= 0.6 is 15.9 Å². The molecular weight excluding hydrogens is 242 g/mol. The maximum Gasteiger partial charge on any atom is 0.0666 e. The van der Waals surface area contributed by atoms with E-state index in [0.717, 1.165) is 36.9 Å². The van der Waals surface area contributed by atoms with Crippen molar-refractivity contribution >= 4 is 15.9 Å². The Morgan fingerprint density at radius 1 is 1.71 bits per heavy atom. The van der Waals surface area contributed by atoms with Crippen molar-refractivity contribution in [2.45, 2.75) is 44.8 Å². The van der Waals surface area contributed by atoms with Gasteiger partial charge >= 0.3 is 0 Å². The van der Waals surface area contributed by atoms with Gasteiger partial charge in [-0.15, -0.1) is 0 Å². The highest BCUT2D eigenvalue weighted by molar-refractivity contribution is 9.11. The van der Waals surface area contributed by atoms with Crippen molar-refractivity contribution < 1.29 is 4.74 Å². The highest BCUT2D eigenvalue weighted by Gasteiger charge is 2.31. The standard InChI is InChI=1S/C11H20BrNO/c1-4-11(3)7-10(5-6-14-11)13-8-9(2)12/h10,13H,2,4-8H2,1,3H3. The van der Waals surface area contributed by atoms with E-state index in [9.17, 15) is 0 Å². The second kappa shape index (κ2) is 5.29. The minimum Gasteiger partial charge on any atom is -0.375 e. The summed E-state index contributed by atoms with van der Waals surface area (Å²) in [5, 5.41) is 3.48. The molecule has 2 atom stereocenters. The lowest BCUT2D eigenvalue weighted by Gasteiger charge is -2.38. The van der Waals surface area contributed by atoms with Crippen LogP contribution in [0.1, 0.15) is 33.1 Å². The molecule has 2 nitrogen and oxygen atoms in total. The van der Waals surface area contributed by atoms with Gasteiger partial charge in [-0.25, -0.2) is 0 Å². The van der Waals surface area contributed by atoms with Crippen molar-refractivity contribution in [2.75, 3.05) is 13.2 Å². The second-order valence-electron chi connectivity index (χ2n) is 4.24. The second-order valence-corrected chi connectivity index (χ2v) is 5.36. The molecule has 1 aliphatic heterocycles. The van der Waals surface area contributed by atoms with Gasteiger partial charge in [-0.05, 0) is 26.2 Å². The summed E-state index contributed by atoms with van der Waals surface area (Å²) in [6, 6.07) is 0.572. The summed E-state index contributed by atoms with van der Waals surface area (Å²) in [6.07, 6.45) is 3.29. The molecule has 3 heteroatoms. The SMILES string of the molecule is C=C(Br)CNC1CCOC(C)(CC)C1. The van der Waals surface area contributed by atoms with Gasteiger partial charge in [0.15, 0.2) is 0 Å². The van der Waals surface area contributed by atoms with Crippen LogP contribution in [-0.2, 0) is 4.74 Å². The van der Waals surface area contributed by atoms with E-state index in [1.165, 1.54) is 0 Å². The minimum atomic E-state index is 0.0730. The van der Waals surface area contributed by atoms with Gasteiger partial charge in [0.05, 0.1) is 5.60 Å². The Balaban J connectivity index is 2.36. The molecule has 1 N–H and O–H groups in total. The average Bonchev–Trinajstić information content (AvgIpc) is 2.15. The van der Waals surface area contributed by atoms with Crippen molar-refractivity contribution in [1.82, 2.24) is 5.32 Å². The summed E-state index contributed by atoms with van der Waals surface area (Å²) in [4.78, 5) is 0. The molecule has 1 heterocycles. The van der Waals surface area contributed by atoms with Crippen LogP contribution in [0.3, 0.4) is 0 Å². The fourth-order valence-corrected chi connectivity index (χ4v) is 1.97. The maximum absolute atomic E-state index is 5.78. The summed E-state index contributed by atoms with van der Waals surface area (Å²) in [5.41, 5.74) is 0.0730. The van der Waals surface area contributed by atoms with Gasteiger partial charge in [0, 0.05) is 23.7 Å². The molecule has 0 aromatic carbocycles. The Morgan fingerprint density at radius 2 is 2.43 bits per heavy atom. The highest BCUT2D eigenvalue weighted by Crippen LogP contribution is 2.27. The molecule has 14 heavy (non-hydrogen) atoms. The van der Waals surface area contributed by atoms with Gasteiger partial charge in [-0.3, -0.25) is 0 Å². The lowest BCUT2D eigenvalue weighted by molar-refractivity contribution is -0.0775. The molecule has 1 rings (SSSR count). The van der Waals surface area contributed by atoms with Gasteiger partial charge in [0.25, 0.3) is 0 Å². The van der Waals surface area contributed by atoms with Crippen LogP contribution in [-0.4, -0.2) is 24.8 Å². The fourth-order valence-electron chi connectivity index (χ4n) is 1.81. The summed E-state index contributed by atoms with van der Waals surface area (Å²) >= 11 is 3.36. The van der Waals surface area contributed by atoms with Crippen molar-refractivity contribution in [1.29, 1.82) is 0 Å². The van der Waals surface area contributed by atoms with Gasteiger partial charge < -0.3 is 10.1 Å². The van der Waals surface area contributed by atoms with Crippen molar-refractivity contribution in [3.63, 3.8) is 0 Å². The predicted octanol–water partition coefficient (Wildman–Crippen LogP) is 2.83. The summed E-state index contributed by atoms with van der Waals surface area (Å²) in [6.45, 7) is 9.93. The first-order valence-corrected chi connectivity index (χ1v) is 6.05. The third-order valence-electron chi connectivity index (χ3n) is 2.93. The lowest BCUT2D eigenvalue weighted by atomic mass is 9.90. The number of halogens is 1. The quantitative estimate of drug-likeness (QED) is 0.841. The van der Waals surface area contributed by atoms with E-state index >= 15 is 0 Å². The predicted molar refractivity (Wildman–Crippen MR) is 63.7 cm³/mol. The van der Waals surface area contributed by atoms with Crippen LogP contribution in [0, 0.1) is 0 Å². The van der Waals surface area contributed by atoms with E-state index in [1.807, 2.05) is 0 Å². The summed E-state index contributed by atoms with van der Waals surface area (Å²) < 4.78 is 6.79. The third-order valence-corrected chi connectivity index (χ3v) is 3.21. The van der Waals surface area contributed by atoms with E-state index in [-0.39, 0.29) is 5.60 Å². The zero-order valence-corrected chi connectivity index (χ0v) is 10.7. The van der Waals surface area contributed by atoms with Gasteiger partial charge in [0.2, 0.25) is 0 Å². The molecule has 1 saturated heterocycles. The van der Waals surface area contributed by atoms with E-state index in [4.69, 9.17) is 4.74 Å². The number of hydrogen-bond acceptors (Lipinski definition) is 2. The number of nitrogens with one attached hydrogen (secondary N) is 1. The van der Waals surface area contributed by atoms with E-state index in [0.29, 0.717) is 6.04 Å². The first-order chi connectivity index (χ1) is 6.56. The Labute approximate surface area is 95.2 Å². The van der Waals surface area contributed by atoms with Crippen LogP contribution < -0.4 is 5.32 Å². The zero-order valence-electron chi connectivity index (χ0n) is 9.11. The van der Waals surface area contributed by atoms with Crippen molar-refractivity contribution in [3.05, 3.63) is 11.1 Å². The van der Waals surface area contributed by atoms with E-state index in [2.05, 4.69) is 41.7 Å². The summed E-state index contributed by atoms with van der Waals surface area (Å²) in [5.74, 6) is 0. The third kappa shape index (κ3) is 3.71. The smallest absolute Gasteiger partial charge is 0.0666 e. The molecule has 0 saturated carbocycles. The minimum absolute atomic E-state index is 0.0730. The first kappa shape index (κ1) is 12.2. The molecule has 1 fully saturated rings. The molecule has 0 aliphatic carbocycles. The van der Waals surface area contributed by atoms with Gasteiger partial charge in [-0.2, -0.15) is 0 Å². The summed E-state index contributed by atoms with van der Waals surface area (Å²) in [7, 11) is 0. The molecule has 0 radical (unpaired) electrons. The van der Waals surface area contributed by atoms with Crippen LogP contribution in [0.4, 0.5) is 0 Å². The monoisotopic (exact) mass is 261 g/mol. The molecule has 0 amide bonds. The average molecular weight is 262 g/mol. The number of ether oxygens (including phenoxy) is 1. The van der Waals surface area contributed by atoms with Crippen molar-refractivity contribution in [3.8, 4) is 0 Å². The largest absolute Gasteiger partial charge is 0.375 e. The Bertz CT molecular complexity index is 207. The fraction of sp³-hybridized carbons (Fsp3) is 0.818. The van der Waals surface area contributed by atoms with Gasteiger partial charge in [0.1, 0.15) is 0 Å². The number of rotatable bonds is 4. The van der Waals surface area contributed by atoms with Crippen LogP contribution in [0.25, 0.3) is 0 Å². The molecule has 2 unspecified atom stereocenters. The number of hydrogen-bond donors (Lipinski definition) is 1. The topological polar surface area (TPSA) is 21.3 Å². The van der Waals surface area contributed by atoms with Crippen molar-refractivity contribution in [2.24, 2.45) is 0 Å². The van der Waals surface area contributed by atoms with Crippen LogP contribution in [0.15, 0.2) is 11.1 Å². The molecule has 1 aliphatic rings. The van der Waals surface area contributed by atoms with Crippen LogP contribution in [0.5, 0.6) is 0 Å². The molecule has 0 bridgehead atoms. The Kier molecular flexibility index (Phi) is 4.61. The zero-order chi connectivity index (χ0) is 10.6.